The van der Waals surface area contributed by atoms with Gasteiger partial charge in [-0.1, -0.05) is 0 Å². The van der Waals surface area contributed by atoms with Gasteiger partial charge >= 0.3 is 0 Å². The van der Waals surface area contributed by atoms with E-state index in [1.165, 1.54) is 11.3 Å². The Balaban J connectivity index is 1.85. The van der Waals surface area contributed by atoms with E-state index in [1.54, 1.807) is 19.5 Å². The van der Waals surface area contributed by atoms with Gasteiger partial charge < -0.3 is 9.47 Å². The number of aromatic amines is 1. The van der Waals surface area contributed by atoms with Gasteiger partial charge in [0.2, 0.25) is 5.88 Å². The van der Waals surface area contributed by atoms with E-state index >= 15 is 0 Å². The first-order chi connectivity index (χ1) is 11.4. The topological polar surface area (TPSA) is 77.8 Å². The fourth-order valence-corrected chi connectivity index (χ4v) is 2.90. The molecule has 118 valence electrons. The van der Waals surface area contributed by atoms with Crippen molar-refractivity contribution in [3.63, 3.8) is 0 Å². The molecule has 0 saturated carbocycles. The summed E-state index contributed by atoms with van der Waals surface area (Å²) in [6.45, 7) is 1.41. The molecule has 0 atom stereocenters. The van der Waals surface area contributed by atoms with E-state index in [-0.39, 0.29) is 0 Å². The van der Waals surface area contributed by atoms with E-state index in [1.807, 2.05) is 23.0 Å². The van der Waals surface area contributed by atoms with Crippen molar-refractivity contribution in [3.8, 4) is 22.8 Å². The number of hydrogen-bond donors (Lipinski definition) is 1. The van der Waals surface area contributed by atoms with Crippen molar-refractivity contribution in [1.82, 2.24) is 25.0 Å². The number of hydrogen-bond acceptors (Lipinski definition) is 5. The summed E-state index contributed by atoms with van der Waals surface area (Å²) in [5, 5.41) is 11.7. The summed E-state index contributed by atoms with van der Waals surface area (Å²) in [6.07, 6.45) is 7.09. The molecule has 1 N–H and O–H groups in total. The Kier molecular flexibility index (Phi) is 3.55. The van der Waals surface area contributed by atoms with Crippen LogP contribution >= 0.6 is 0 Å². The molecule has 0 fully saturated rings. The molecule has 0 saturated heterocycles. The number of nitrogens with zero attached hydrogens (tertiary/aromatic N) is 4. The summed E-state index contributed by atoms with van der Waals surface area (Å²) in [5.41, 5.74) is 5.24. The minimum absolute atomic E-state index is 0.595. The summed E-state index contributed by atoms with van der Waals surface area (Å²) in [5.74, 6) is 0.595. The van der Waals surface area contributed by atoms with Crippen LogP contribution in [0.2, 0.25) is 0 Å². The predicted molar refractivity (Wildman–Crippen MR) is 83.7 cm³/mol. The van der Waals surface area contributed by atoms with Crippen molar-refractivity contribution in [2.45, 2.75) is 12.8 Å². The molecule has 3 aromatic rings. The lowest BCUT2D eigenvalue weighted by Crippen LogP contribution is -2.04. The van der Waals surface area contributed by atoms with Gasteiger partial charge in [-0.3, -0.25) is 5.10 Å². The number of aromatic nitrogens is 5. The first-order valence-electron chi connectivity index (χ1n) is 7.55. The molecule has 0 radical (unpaired) electrons. The number of H-pyrrole nitrogens is 1. The van der Waals surface area contributed by atoms with Gasteiger partial charge in [0.1, 0.15) is 5.69 Å². The maximum absolute atomic E-state index is 5.63. The van der Waals surface area contributed by atoms with Gasteiger partial charge in [0, 0.05) is 36.0 Å². The third kappa shape index (κ3) is 2.49. The van der Waals surface area contributed by atoms with Crippen LogP contribution in [0.4, 0.5) is 0 Å². The Labute approximate surface area is 133 Å². The molecule has 0 spiro atoms. The molecule has 23 heavy (non-hydrogen) atoms. The van der Waals surface area contributed by atoms with Gasteiger partial charge in [0.15, 0.2) is 0 Å². The molecule has 7 heteroatoms. The zero-order valence-corrected chi connectivity index (χ0v) is 12.8. The van der Waals surface area contributed by atoms with Crippen molar-refractivity contribution in [2.24, 2.45) is 0 Å². The fourth-order valence-electron chi connectivity index (χ4n) is 2.90. The van der Waals surface area contributed by atoms with E-state index in [0.29, 0.717) is 19.1 Å². The summed E-state index contributed by atoms with van der Waals surface area (Å²) >= 11 is 0. The number of methoxy groups -OCH3 is 1. The monoisotopic (exact) mass is 311 g/mol. The van der Waals surface area contributed by atoms with Gasteiger partial charge in [0.05, 0.1) is 37.9 Å². The van der Waals surface area contributed by atoms with E-state index in [4.69, 9.17) is 14.6 Å². The normalized spacial score (nSPS) is 14.3. The first-order valence-corrected chi connectivity index (χ1v) is 7.55. The molecule has 7 nitrogen and oxygen atoms in total. The second-order valence-electron chi connectivity index (χ2n) is 5.34. The SMILES string of the molecule is COc1ccc(-c2nn(-c3cn[nH]c3)c3c2CCOCC3)cn1. The fraction of sp³-hybridized carbons (Fsp3) is 0.312. The standard InChI is InChI=1S/C16H17N5O2/c1-22-15-3-2-11(8-17-15)16-13-4-6-23-7-5-14(13)21(20-16)12-9-18-19-10-12/h2-3,8-10H,4-7H2,1H3,(H,18,19). The van der Waals surface area contributed by atoms with Crippen molar-refractivity contribution >= 4 is 0 Å². The van der Waals surface area contributed by atoms with Crippen LogP contribution in [-0.4, -0.2) is 45.3 Å². The summed E-state index contributed by atoms with van der Waals surface area (Å²) < 4.78 is 12.7. The Morgan fingerprint density at radius 1 is 1.22 bits per heavy atom. The van der Waals surface area contributed by atoms with Gasteiger partial charge in [-0.2, -0.15) is 10.2 Å². The number of fused-ring (bicyclic) bond motifs is 1. The van der Waals surface area contributed by atoms with E-state index in [0.717, 1.165) is 29.8 Å². The Bertz CT molecular complexity index is 793. The molecule has 0 aliphatic carbocycles. The molecular formula is C16H17N5O2. The smallest absolute Gasteiger partial charge is 0.212 e. The third-order valence-electron chi connectivity index (χ3n) is 4.02. The highest BCUT2D eigenvalue weighted by Crippen LogP contribution is 2.30. The van der Waals surface area contributed by atoms with E-state index < -0.39 is 0 Å². The van der Waals surface area contributed by atoms with Gasteiger partial charge in [0.25, 0.3) is 0 Å². The second-order valence-corrected chi connectivity index (χ2v) is 5.34. The molecule has 0 aromatic carbocycles. The maximum Gasteiger partial charge on any atom is 0.212 e. The maximum atomic E-state index is 5.63. The molecule has 1 aliphatic rings. The van der Waals surface area contributed by atoms with Crippen LogP contribution in [0, 0.1) is 0 Å². The zero-order valence-electron chi connectivity index (χ0n) is 12.8. The molecule has 4 rings (SSSR count). The highest BCUT2D eigenvalue weighted by molar-refractivity contribution is 5.64. The largest absolute Gasteiger partial charge is 0.481 e. The van der Waals surface area contributed by atoms with Crippen LogP contribution < -0.4 is 4.74 Å². The lowest BCUT2D eigenvalue weighted by molar-refractivity contribution is 0.145. The Hall–Kier alpha value is -2.67. The quantitative estimate of drug-likeness (QED) is 0.798. The Morgan fingerprint density at radius 3 is 2.87 bits per heavy atom. The van der Waals surface area contributed by atoms with Gasteiger partial charge in [-0.15, -0.1) is 0 Å². The van der Waals surface area contributed by atoms with Crippen molar-refractivity contribution in [2.75, 3.05) is 20.3 Å². The lowest BCUT2D eigenvalue weighted by Gasteiger charge is -2.03. The van der Waals surface area contributed by atoms with E-state index in [9.17, 15) is 0 Å². The number of nitrogens with one attached hydrogen (secondary N) is 1. The highest BCUT2D eigenvalue weighted by atomic mass is 16.5. The first kappa shape index (κ1) is 14.0. The number of ether oxygens (including phenoxy) is 2. The lowest BCUT2D eigenvalue weighted by atomic mass is 10.0. The zero-order chi connectivity index (χ0) is 15.6. The number of rotatable bonds is 3. The molecule has 0 bridgehead atoms. The van der Waals surface area contributed by atoms with Crippen LogP contribution in [0.15, 0.2) is 30.7 Å². The van der Waals surface area contributed by atoms with Gasteiger partial charge in [-0.05, 0) is 12.5 Å². The van der Waals surface area contributed by atoms with E-state index in [2.05, 4.69) is 15.2 Å². The highest BCUT2D eigenvalue weighted by Gasteiger charge is 2.22. The molecule has 1 aliphatic heterocycles. The second kappa shape index (κ2) is 5.85. The summed E-state index contributed by atoms with van der Waals surface area (Å²) in [7, 11) is 1.61. The van der Waals surface area contributed by atoms with Crippen LogP contribution in [0.1, 0.15) is 11.3 Å². The van der Waals surface area contributed by atoms with Crippen molar-refractivity contribution < 1.29 is 9.47 Å². The van der Waals surface area contributed by atoms with Crippen LogP contribution in [-0.2, 0) is 17.6 Å². The molecule has 0 unspecified atom stereocenters. The summed E-state index contributed by atoms with van der Waals surface area (Å²) in [4.78, 5) is 4.30. The molecule has 4 heterocycles. The van der Waals surface area contributed by atoms with Crippen LogP contribution in [0.3, 0.4) is 0 Å². The van der Waals surface area contributed by atoms with Crippen LogP contribution in [0.5, 0.6) is 5.88 Å². The van der Waals surface area contributed by atoms with Crippen molar-refractivity contribution in [3.05, 3.63) is 42.0 Å². The minimum atomic E-state index is 0.595. The summed E-state index contributed by atoms with van der Waals surface area (Å²) in [6, 6.07) is 3.84. The average Bonchev–Trinajstić information content (AvgIpc) is 3.17. The average molecular weight is 311 g/mol. The number of pyridine rings is 1. The van der Waals surface area contributed by atoms with Gasteiger partial charge in [-0.25, -0.2) is 9.67 Å². The van der Waals surface area contributed by atoms with Crippen LogP contribution in [0.25, 0.3) is 16.9 Å². The van der Waals surface area contributed by atoms with Crippen molar-refractivity contribution in [1.29, 1.82) is 0 Å². The molecule has 0 amide bonds. The minimum Gasteiger partial charge on any atom is -0.481 e. The molecular weight excluding hydrogens is 294 g/mol. The Morgan fingerprint density at radius 2 is 2.13 bits per heavy atom. The predicted octanol–water partition coefficient (Wildman–Crippen LogP) is 1.78. The molecule has 3 aromatic heterocycles. The third-order valence-corrected chi connectivity index (χ3v) is 4.02.